The summed E-state index contributed by atoms with van der Waals surface area (Å²) in [5, 5.41) is 3.15. The van der Waals surface area contributed by atoms with E-state index in [-0.39, 0.29) is 0 Å². The summed E-state index contributed by atoms with van der Waals surface area (Å²) in [5.74, 6) is 6.04. The van der Waals surface area contributed by atoms with E-state index < -0.39 is 0 Å². The van der Waals surface area contributed by atoms with E-state index in [1.807, 2.05) is 0 Å². The van der Waals surface area contributed by atoms with E-state index in [1.54, 1.807) is 0 Å². The third kappa shape index (κ3) is 6.71. The smallest absolute Gasteiger partial charge is 0.206 e. The van der Waals surface area contributed by atoms with Crippen LogP contribution in [0.5, 0.6) is 0 Å². The third-order valence-corrected chi connectivity index (χ3v) is 1.89. The molecular weight excluding hydrogens is 176 g/mol. The Morgan fingerprint density at radius 2 is 2.00 bits per heavy atom. The number of hydrogen-bond donors (Lipinski definition) is 3. The second-order valence-electron chi connectivity index (χ2n) is 3.91. The van der Waals surface area contributed by atoms with Crippen molar-refractivity contribution in [1.82, 2.24) is 10.7 Å². The Morgan fingerprint density at radius 3 is 2.43 bits per heavy atom. The van der Waals surface area contributed by atoms with Crippen LogP contribution in [0.3, 0.4) is 0 Å². The normalized spacial score (nSPS) is 14.3. The molecule has 4 nitrogen and oxygen atoms in total. The Balaban J connectivity index is 3.99. The molecule has 0 aliphatic rings. The van der Waals surface area contributed by atoms with Crippen LogP contribution in [0.4, 0.5) is 0 Å². The first-order chi connectivity index (χ1) is 6.60. The highest BCUT2D eigenvalue weighted by atomic mass is 15.3. The van der Waals surface area contributed by atoms with Crippen molar-refractivity contribution >= 4 is 5.96 Å². The fourth-order valence-corrected chi connectivity index (χ4v) is 1.17. The van der Waals surface area contributed by atoms with Crippen molar-refractivity contribution in [2.75, 3.05) is 0 Å². The molecule has 84 valence electrons. The van der Waals surface area contributed by atoms with Gasteiger partial charge in [0.25, 0.3) is 0 Å². The molecule has 0 bridgehead atoms. The van der Waals surface area contributed by atoms with Crippen LogP contribution >= 0.6 is 0 Å². The molecule has 0 aliphatic heterocycles. The van der Waals surface area contributed by atoms with Crippen molar-refractivity contribution < 1.29 is 0 Å². The topological polar surface area (TPSA) is 62.4 Å². The van der Waals surface area contributed by atoms with Gasteiger partial charge in [-0.25, -0.2) is 10.8 Å². The molecule has 4 heteroatoms. The zero-order valence-electron chi connectivity index (χ0n) is 9.80. The summed E-state index contributed by atoms with van der Waals surface area (Å²) in [6.07, 6.45) is 3.54. The van der Waals surface area contributed by atoms with Crippen molar-refractivity contribution in [2.45, 2.75) is 59.0 Å². The molecule has 0 fully saturated rings. The van der Waals surface area contributed by atoms with Crippen LogP contribution < -0.4 is 16.6 Å². The molecular formula is C10H24N4. The van der Waals surface area contributed by atoms with Crippen LogP contribution in [0.25, 0.3) is 0 Å². The fourth-order valence-electron chi connectivity index (χ4n) is 1.17. The lowest BCUT2D eigenvalue weighted by Crippen LogP contribution is -2.45. The summed E-state index contributed by atoms with van der Waals surface area (Å²) in [5.41, 5.74) is 2.58. The summed E-state index contributed by atoms with van der Waals surface area (Å²) in [6.45, 7) is 8.41. The number of nitrogens with zero attached hydrogens (tertiary/aromatic N) is 1. The standard InChI is InChI=1S/C10H24N4/c1-5-6-7-9(4)13-10(14-11)12-8(2)3/h8-9H,5-7,11H2,1-4H3,(H2,12,13,14). The molecule has 0 aromatic heterocycles. The number of hydrazine groups is 1. The Hall–Kier alpha value is -0.770. The lowest BCUT2D eigenvalue weighted by atomic mass is 10.1. The van der Waals surface area contributed by atoms with Gasteiger partial charge in [0.1, 0.15) is 0 Å². The maximum Gasteiger partial charge on any atom is 0.206 e. The molecule has 0 saturated carbocycles. The van der Waals surface area contributed by atoms with Gasteiger partial charge >= 0.3 is 0 Å². The monoisotopic (exact) mass is 200 g/mol. The number of guanidine groups is 1. The Kier molecular flexibility index (Phi) is 7.20. The van der Waals surface area contributed by atoms with E-state index in [0.717, 1.165) is 6.42 Å². The number of hydrogen-bond acceptors (Lipinski definition) is 2. The molecule has 0 heterocycles. The van der Waals surface area contributed by atoms with Crippen molar-refractivity contribution in [3.05, 3.63) is 0 Å². The number of nitrogens with two attached hydrogens (primary N) is 1. The summed E-state index contributed by atoms with van der Waals surface area (Å²) in [4.78, 5) is 4.44. The number of aliphatic imine (C=N–C) groups is 1. The molecule has 0 spiro atoms. The minimum Gasteiger partial charge on any atom is -0.353 e. The SMILES string of the molecule is CCCCC(C)N=C(NN)NC(C)C. The van der Waals surface area contributed by atoms with E-state index in [2.05, 4.69) is 43.4 Å². The summed E-state index contributed by atoms with van der Waals surface area (Å²) >= 11 is 0. The minimum atomic E-state index is 0.326. The van der Waals surface area contributed by atoms with E-state index in [4.69, 9.17) is 5.84 Å². The fraction of sp³-hybridized carbons (Fsp3) is 0.900. The second kappa shape index (κ2) is 7.62. The van der Waals surface area contributed by atoms with Gasteiger partial charge in [-0.2, -0.15) is 0 Å². The van der Waals surface area contributed by atoms with E-state index in [9.17, 15) is 0 Å². The van der Waals surface area contributed by atoms with Crippen LogP contribution in [-0.4, -0.2) is 18.0 Å². The first-order valence-electron chi connectivity index (χ1n) is 5.41. The van der Waals surface area contributed by atoms with Crippen LogP contribution in [-0.2, 0) is 0 Å². The quantitative estimate of drug-likeness (QED) is 0.272. The molecule has 0 saturated heterocycles. The summed E-state index contributed by atoms with van der Waals surface area (Å²) in [6, 6.07) is 0.676. The Bertz CT molecular complexity index is 166. The highest BCUT2D eigenvalue weighted by Crippen LogP contribution is 2.03. The molecule has 0 amide bonds. The molecule has 0 aromatic rings. The molecule has 0 aromatic carbocycles. The van der Waals surface area contributed by atoms with E-state index in [0.29, 0.717) is 18.0 Å². The second-order valence-corrected chi connectivity index (χ2v) is 3.91. The number of nitrogens with one attached hydrogen (secondary N) is 2. The molecule has 0 radical (unpaired) electrons. The van der Waals surface area contributed by atoms with Crippen molar-refractivity contribution in [3.8, 4) is 0 Å². The highest BCUT2D eigenvalue weighted by Gasteiger charge is 2.02. The van der Waals surface area contributed by atoms with Crippen LogP contribution in [0, 0.1) is 0 Å². The summed E-state index contributed by atoms with van der Waals surface area (Å²) in [7, 11) is 0. The van der Waals surface area contributed by atoms with Gasteiger partial charge in [-0.1, -0.05) is 19.8 Å². The largest absolute Gasteiger partial charge is 0.353 e. The maximum absolute atomic E-state index is 5.35. The van der Waals surface area contributed by atoms with Crippen LogP contribution in [0.15, 0.2) is 4.99 Å². The van der Waals surface area contributed by atoms with Gasteiger partial charge in [-0.3, -0.25) is 5.43 Å². The predicted molar refractivity (Wildman–Crippen MR) is 62.0 cm³/mol. The Morgan fingerprint density at radius 1 is 1.36 bits per heavy atom. The van der Waals surface area contributed by atoms with Gasteiger partial charge in [-0.15, -0.1) is 0 Å². The average molecular weight is 200 g/mol. The Labute approximate surface area is 87.3 Å². The van der Waals surface area contributed by atoms with Gasteiger partial charge in [0.2, 0.25) is 5.96 Å². The molecule has 1 unspecified atom stereocenters. The van der Waals surface area contributed by atoms with Gasteiger partial charge in [0.05, 0.1) is 6.04 Å². The molecule has 1 atom stereocenters. The summed E-state index contributed by atoms with van der Waals surface area (Å²) < 4.78 is 0. The van der Waals surface area contributed by atoms with Gasteiger partial charge in [0, 0.05) is 6.04 Å². The van der Waals surface area contributed by atoms with Gasteiger partial charge in [0.15, 0.2) is 0 Å². The molecule has 0 aliphatic carbocycles. The third-order valence-electron chi connectivity index (χ3n) is 1.89. The van der Waals surface area contributed by atoms with Crippen molar-refractivity contribution in [1.29, 1.82) is 0 Å². The first-order valence-corrected chi connectivity index (χ1v) is 5.41. The van der Waals surface area contributed by atoms with E-state index >= 15 is 0 Å². The van der Waals surface area contributed by atoms with Crippen molar-refractivity contribution in [2.24, 2.45) is 10.8 Å². The van der Waals surface area contributed by atoms with E-state index in [1.165, 1.54) is 12.8 Å². The zero-order chi connectivity index (χ0) is 11.0. The van der Waals surface area contributed by atoms with Gasteiger partial charge < -0.3 is 5.32 Å². The molecule has 0 rings (SSSR count). The number of unbranched alkanes of at least 4 members (excludes halogenated alkanes) is 1. The van der Waals surface area contributed by atoms with Crippen LogP contribution in [0.1, 0.15) is 47.0 Å². The first kappa shape index (κ1) is 13.2. The lowest BCUT2D eigenvalue weighted by molar-refractivity contribution is 0.604. The average Bonchev–Trinajstić information content (AvgIpc) is 2.12. The minimum absolute atomic E-state index is 0.326. The molecule has 14 heavy (non-hydrogen) atoms. The zero-order valence-corrected chi connectivity index (χ0v) is 9.80. The van der Waals surface area contributed by atoms with Crippen LogP contribution in [0.2, 0.25) is 0 Å². The number of rotatable bonds is 5. The predicted octanol–water partition coefficient (Wildman–Crippen LogP) is 1.38. The van der Waals surface area contributed by atoms with Gasteiger partial charge in [-0.05, 0) is 27.2 Å². The molecule has 4 N–H and O–H groups in total. The lowest BCUT2D eigenvalue weighted by Gasteiger charge is -2.14. The van der Waals surface area contributed by atoms with Crippen molar-refractivity contribution in [3.63, 3.8) is 0 Å². The maximum atomic E-state index is 5.35. The highest BCUT2D eigenvalue weighted by molar-refractivity contribution is 5.79.